The first-order valence-corrected chi connectivity index (χ1v) is 14.9. The second-order valence-corrected chi connectivity index (χ2v) is 8.80. The smallest absolute Gasteiger partial charge is 0.814 e. The Kier molecular flexibility index (Phi) is 597. The molecule has 0 unspecified atom stereocenters. The van der Waals surface area contributed by atoms with E-state index in [1.54, 1.807) is 6.92 Å². The number of rotatable bonds is 6. The summed E-state index contributed by atoms with van der Waals surface area (Å²) in [6, 6.07) is 0. The van der Waals surface area contributed by atoms with E-state index in [1.807, 2.05) is 27.7 Å². The van der Waals surface area contributed by atoms with Crippen molar-refractivity contribution in [3.05, 3.63) is 72.2 Å². The molecule has 0 aliphatic rings. The first kappa shape index (κ1) is 163. The van der Waals surface area contributed by atoms with E-state index in [0.29, 0.717) is 0 Å². The number of nitrogens with zero attached hydrogens (tertiary/aromatic N) is 1. The standard InChI is InChI=1S/4C5H12.C2H4N.2C2H6.9CH3.2B2F4.4F2.2Ru/c4*1-4-5(2)3;1-2-3;2*1-2;;;;;;;;;;2*3-1(4)2(5)6;4*1-2;;/h4*5H,4H2,1-3H3;2H,1H3;2*1-2H3;9*1H3;;;;;;;;/q;;;;-1;;;9*-1;;;;;;;2*+5. The Bertz CT molecular complexity index is 319. The first-order valence-electron chi connectivity index (χ1n) is 14.9. The van der Waals surface area contributed by atoms with Gasteiger partial charge >= 0.3 is 67.6 Å². The van der Waals surface area contributed by atoms with Crippen molar-refractivity contribution >= 4 is 34.8 Å². The maximum absolute atomic E-state index is 10.4. The van der Waals surface area contributed by atoms with Gasteiger partial charge in [0.15, 0.2) is 0 Å². The fourth-order valence-corrected chi connectivity index (χ4v) is 0. The van der Waals surface area contributed by atoms with Gasteiger partial charge in [-0.05, 0) is 23.7 Å². The molecule has 0 saturated heterocycles. The van der Waals surface area contributed by atoms with E-state index in [2.05, 4.69) is 83.1 Å². The van der Waals surface area contributed by atoms with E-state index in [-0.39, 0.29) is 106 Å². The van der Waals surface area contributed by atoms with Gasteiger partial charge in [-0.2, -0.15) is 0 Å². The molecule has 0 aromatic rings. The molecule has 2 radical (unpaired) electrons. The molecule has 0 saturated carbocycles. The third-order valence-corrected chi connectivity index (χ3v) is 3.65. The molecule has 376 valence electrons. The van der Waals surface area contributed by atoms with Crippen LogP contribution in [0.25, 0.3) is 5.41 Å². The summed E-state index contributed by atoms with van der Waals surface area (Å²) in [6.45, 7) is 36.1. The summed E-state index contributed by atoms with van der Waals surface area (Å²) < 4.78 is 147. The molecule has 0 aromatic heterocycles. The molecule has 0 aliphatic carbocycles. The fraction of sp³-hybridized carbons (Fsp3) is 0.714. The number of halogens is 16. The quantitative estimate of drug-likeness (QED) is 0.109. The Morgan fingerprint density at radius 2 is 0.379 bits per heavy atom. The minimum Gasteiger partial charge on any atom is -0.814 e. The summed E-state index contributed by atoms with van der Waals surface area (Å²) in [6.07, 6.45) is 6.22. The molecule has 0 fully saturated rings. The molecule has 0 amide bonds. The second kappa shape index (κ2) is 212. The SMILES string of the molecule is CC.CC.CC=[N-].CCC(C)C.CCC(C)C.CCC(C)C.CCC(C)C.FB(F)B(F)F.FB(F)B(F)F.FF.FF.FF.FF.[CH3-].[CH3-].[CH3-].[CH3-].[CH3-].[CH3-].[CH3-].[CH3-].[CH3-].[Ru+5].[Ru+5]. The summed E-state index contributed by atoms with van der Waals surface area (Å²) in [5, 5.41) is 7.44. The van der Waals surface area contributed by atoms with E-state index in [1.165, 1.54) is 25.7 Å². The minimum absolute atomic E-state index is 0. The molecule has 0 heterocycles. The molecular weight excluding hydrogens is 984 g/mol. The van der Waals surface area contributed by atoms with Gasteiger partial charge in [-0.25, -0.2) is 6.21 Å². The van der Waals surface area contributed by atoms with Crippen LogP contribution < -0.4 is 0 Å². The van der Waals surface area contributed by atoms with Crippen LogP contribution in [0.3, 0.4) is 0 Å². The van der Waals surface area contributed by atoms with Crippen LogP contribution in [0.1, 0.15) is 143 Å². The van der Waals surface area contributed by atoms with Gasteiger partial charge in [0, 0.05) is 36.6 Å². The van der Waals surface area contributed by atoms with Crippen molar-refractivity contribution in [1.29, 1.82) is 0 Å². The van der Waals surface area contributed by atoms with Crippen molar-refractivity contribution in [3.8, 4) is 0 Å². The van der Waals surface area contributed by atoms with Gasteiger partial charge in [0.2, 0.25) is 0 Å². The van der Waals surface area contributed by atoms with Gasteiger partial charge in [-0.1, -0.05) is 143 Å². The molecule has 0 bridgehead atoms. The first-order chi connectivity index (χ1) is 21.8. The molecular formula is C35H91B4F16NRu2. The van der Waals surface area contributed by atoms with E-state index >= 15 is 0 Å². The molecule has 0 aromatic carbocycles. The molecule has 0 spiro atoms. The molecule has 0 atom stereocenters. The summed E-state index contributed by atoms with van der Waals surface area (Å²) in [7, 11) is -13.9. The van der Waals surface area contributed by atoms with E-state index in [4.69, 9.17) is 42.0 Å². The van der Waals surface area contributed by atoms with Crippen molar-refractivity contribution in [2.45, 2.75) is 143 Å². The summed E-state index contributed by atoms with van der Waals surface area (Å²) >= 11 is 0. The Labute approximate surface area is 382 Å². The van der Waals surface area contributed by atoms with Crippen LogP contribution in [-0.4, -0.2) is 34.8 Å². The van der Waals surface area contributed by atoms with Crippen LogP contribution in [0.5, 0.6) is 0 Å². The third kappa shape index (κ3) is 659. The van der Waals surface area contributed by atoms with Gasteiger partial charge < -0.3 is 72.2 Å². The topological polar surface area (TPSA) is 22.3 Å². The molecule has 0 rings (SSSR count). The van der Waals surface area contributed by atoms with Crippen LogP contribution in [0.15, 0.2) is 0 Å². The minimum atomic E-state index is -3.48. The van der Waals surface area contributed by atoms with Gasteiger partial charge in [0.25, 0.3) is 0 Å². The molecule has 58 heavy (non-hydrogen) atoms. The molecule has 0 aliphatic heterocycles. The van der Waals surface area contributed by atoms with Gasteiger partial charge in [-0.15, -0.1) is 0 Å². The Morgan fingerprint density at radius 3 is 0.379 bits per heavy atom. The van der Waals surface area contributed by atoms with Crippen molar-refractivity contribution in [2.24, 2.45) is 23.7 Å². The number of hydrogen-bond donors (Lipinski definition) is 0. The van der Waals surface area contributed by atoms with Crippen LogP contribution in [0.2, 0.25) is 0 Å². The monoisotopic (exact) mass is 1080 g/mol. The Morgan fingerprint density at radius 1 is 0.345 bits per heavy atom. The van der Waals surface area contributed by atoms with Crippen LogP contribution in [0.4, 0.5) is 71.1 Å². The van der Waals surface area contributed by atoms with Crippen molar-refractivity contribution in [2.75, 3.05) is 0 Å². The van der Waals surface area contributed by atoms with E-state index in [0.717, 1.165) is 29.9 Å². The van der Waals surface area contributed by atoms with Gasteiger partial charge in [0.05, 0.1) is 0 Å². The summed E-state index contributed by atoms with van der Waals surface area (Å²) in [5.41, 5.74) is 0. The average Bonchev–Trinajstić information content (AvgIpc) is 3.08. The van der Waals surface area contributed by atoms with Gasteiger partial charge in [-0.3, -0.25) is 34.5 Å². The van der Waals surface area contributed by atoms with Crippen molar-refractivity contribution < 1.29 is 110 Å². The predicted octanol–water partition coefficient (Wildman–Crippen LogP) is 20.2. The molecule has 1 nitrogen and oxygen atoms in total. The largest absolute Gasteiger partial charge is 5.00 e. The molecule has 0 N–H and O–H groups in total. The molecule has 23 heteroatoms. The zero-order valence-electron chi connectivity index (χ0n) is 41.2. The van der Waals surface area contributed by atoms with Crippen molar-refractivity contribution in [1.82, 2.24) is 0 Å². The fourth-order valence-electron chi connectivity index (χ4n) is 0. The van der Waals surface area contributed by atoms with Crippen LogP contribution in [-0.2, 0) is 39.0 Å². The zero-order valence-corrected chi connectivity index (χ0v) is 44.7. The zero-order chi connectivity index (χ0) is 42.2. The second-order valence-electron chi connectivity index (χ2n) is 8.80. The number of hydrogen-bond acceptors (Lipinski definition) is 0. The van der Waals surface area contributed by atoms with Crippen LogP contribution in [0, 0.1) is 90.5 Å². The average molecular weight is 1080 g/mol. The Balaban J connectivity index is -0.00000000986. The summed E-state index contributed by atoms with van der Waals surface area (Å²) in [5.74, 6) is 3.54. The normalized spacial score (nSPS) is 5.81. The van der Waals surface area contributed by atoms with Crippen LogP contribution >= 0.6 is 0 Å². The van der Waals surface area contributed by atoms with Crippen molar-refractivity contribution in [3.63, 3.8) is 0 Å². The third-order valence-electron chi connectivity index (χ3n) is 3.65. The maximum Gasteiger partial charge on any atom is 5.00 e. The van der Waals surface area contributed by atoms with E-state index < -0.39 is 28.6 Å². The van der Waals surface area contributed by atoms with Gasteiger partial charge in [0.1, 0.15) is 0 Å². The summed E-state index contributed by atoms with van der Waals surface area (Å²) in [4.78, 5) is 0. The Hall–Kier alpha value is 0.0565. The predicted molar refractivity (Wildman–Crippen MR) is 237 cm³/mol. The maximum atomic E-state index is 10.4. The van der Waals surface area contributed by atoms with E-state index in [9.17, 15) is 34.5 Å².